The number of allylic oxidation sites excluding steroid dienone is 4. The number of aromatic nitrogens is 1. The third-order valence-corrected chi connectivity index (χ3v) is 2.65. The summed E-state index contributed by atoms with van der Waals surface area (Å²) in [4.78, 5) is 4.56. The zero-order valence-electron chi connectivity index (χ0n) is 8.01. The van der Waals surface area contributed by atoms with E-state index in [1.807, 2.05) is 18.2 Å². The Morgan fingerprint density at radius 1 is 1.29 bits per heavy atom. The largest absolute Gasteiger partial charge is 0.324 e. The molecule has 0 saturated carbocycles. The molecule has 0 bridgehead atoms. The Morgan fingerprint density at radius 2 is 2.21 bits per heavy atom. The first kappa shape index (κ1) is 7.68. The van der Waals surface area contributed by atoms with Crippen molar-refractivity contribution in [1.29, 1.82) is 0 Å². The fourth-order valence-corrected chi connectivity index (χ4v) is 1.94. The van der Waals surface area contributed by atoms with Gasteiger partial charge in [-0.1, -0.05) is 17.7 Å². The first-order valence-electron chi connectivity index (χ1n) is 4.80. The molecule has 3 rings (SSSR count). The van der Waals surface area contributed by atoms with Crippen LogP contribution in [0.4, 0.5) is 5.82 Å². The van der Waals surface area contributed by atoms with E-state index in [2.05, 4.69) is 40.9 Å². The molecule has 0 N–H and O–H groups in total. The van der Waals surface area contributed by atoms with Crippen LogP contribution < -0.4 is 4.57 Å². The highest BCUT2D eigenvalue weighted by Crippen LogP contribution is 2.24. The van der Waals surface area contributed by atoms with E-state index in [0.29, 0.717) is 6.04 Å². The van der Waals surface area contributed by atoms with Crippen molar-refractivity contribution in [2.75, 3.05) is 0 Å². The summed E-state index contributed by atoms with van der Waals surface area (Å²) in [6, 6.07) is 6.43. The molecule has 2 aliphatic rings. The molecule has 1 aliphatic heterocycles. The minimum absolute atomic E-state index is 0.316. The highest BCUT2D eigenvalue weighted by Gasteiger charge is 2.33. The van der Waals surface area contributed by atoms with Crippen molar-refractivity contribution < 1.29 is 4.57 Å². The lowest BCUT2D eigenvalue weighted by atomic mass is 10.0. The smallest absolute Gasteiger partial charge is 0.216 e. The molecule has 1 atom stereocenters. The number of fused-ring (bicyclic) bond motifs is 3. The van der Waals surface area contributed by atoms with Gasteiger partial charge in [-0.3, -0.25) is 0 Å². The minimum Gasteiger partial charge on any atom is -0.216 e. The molecule has 1 aliphatic carbocycles. The molecule has 2 heteroatoms. The van der Waals surface area contributed by atoms with Crippen molar-refractivity contribution in [2.45, 2.75) is 13.0 Å². The molecule has 0 saturated heterocycles. The van der Waals surface area contributed by atoms with Gasteiger partial charge in [0, 0.05) is 6.07 Å². The van der Waals surface area contributed by atoms with Crippen LogP contribution in [0.1, 0.15) is 13.0 Å². The van der Waals surface area contributed by atoms with E-state index in [0.717, 1.165) is 11.5 Å². The highest BCUT2D eigenvalue weighted by atomic mass is 15.1. The molecule has 14 heavy (non-hydrogen) atoms. The number of aliphatic imine (C=N–C) groups is 1. The predicted molar refractivity (Wildman–Crippen MR) is 55.7 cm³/mol. The molecule has 68 valence electrons. The highest BCUT2D eigenvalue weighted by molar-refractivity contribution is 6.02. The third-order valence-electron chi connectivity index (χ3n) is 2.65. The quantitative estimate of drug-likeness (QED) is 0.548. The van der Waals surface area contributed by atoms with Gasteiger partial charge in [-0.15, -0.1) is 0 Å². The van der Waals surface area contributed by atoms with E-state index in [4.69, 9.17) is 0 Å². The van der Waals surface area contributed by atoms with Gasteiger partial charge in [0.25, 0.3) is 0 Å². The van der Waals surface area contributed by atoms with Crippen LogP contribution in [0.15, 0.2) is 53.2 Å². The first-order chi connectivity index (χ1) is 6.84. The predicted octanol–water partition coefficient (Wildman–Crippen LogP) is 2.12. The van der Waals surface area contributed by atoms with Gasteiger partial charge in [0.15, 0.2) is 6.04 Å². The summed E-state index contributed by atoms with van der Waals surface area (Å²) in [6.45, 7) is 2.12. The summed E-state index contributed by atoms with van der Waals surface area (Å²) < 4.78 is 2.20. The second kappa shape index (κ2) is 2.64. The molecule has 2 nitrogen and oxygen atoms in total. The SMILES string of the molecule is CC1=CC2C(=Nc3cccc[n+]32)C=C1. The normalized spacial score (nSPS) is 22.5. The lowest BCUT2D eigenvalue weighted by Crippen LogP contribution is -2.38. The van der Waals surface area contributed by atoms with E-state index in [-0.39, 0.29) is 0 Å². The van der Waals surface area contributed by atoms with E-state index in [9.17, 15) is 0 Å². The summed E-state index contributed by atoms with van der Waals surface area (Å²) in [7, 11) is 0. The van der Waals surface area contributed by atoms with E-state index >= 15 is 0 Å². The Labute approximate surface area is 82.9 Å². The fourth-order valence-electron chi connectivity index (χ4n) is 1.94. The van der Waals surface area contributed by atoms with Crippen molar-refractivity contribution in [3.63, 3.8) is 0 Å². The van der Waals surface area contributed by atoms with Gasteiger partial charge in [-0.05, 0) is 30.1 Å². The van der Waals surface area contributed by atoms with Gasteiger partial charge in [0.05, 0.1) is 6.20 Å². The van der Waals surface area contributed by atoms with Crippen molar-refractivity contribution in [3.05, 3.63) is 48.2 Å². The minimum atomic E-state index is 0.316. The Balaban J connectivity index is 2.19. The Bertz CT molecular complexity index is 481. The Kier molecular flexibility index (Phi) is 1.45. The number of pyridine rings is 1. The molecule has 1 aromatic heterocycles. The number of nitrogens with zero attached hydrogens (tertiary/aromatic N) is 2. The lowest BCUT2D eigenvalue weighted by Gasteiger charge is -2.07. The van der Waals surface area contributed by atoms with Crippen molar-refractivity contribution in [2.24, 2.45) is 4.99 Å². The lowest BCUT2D eigenvalue weighted by molar-refractivity contribution is -0.678. The maximum absolute atomic E-state index is 4.56. The average molecular weight is 183 g/mol. The van der Waals surface area contributed by atoms with Gasteiger partial charge < -0.3 is 0 Å². The second-order valence-electron chi connectivity index (χ2n) is 3.69. The van der Waals surface area contributed by atoms with Crippen LogP contribution in [0.3, 0.4) is 0 Å². The van der Waals surface area contributed by atoms with Crippen molar-refractivity contribution >= 4 is 11.5 Å². The molecule has 0 fully saturated rings. The number of rotatable bonds is 0. The third kappa shape index (κ3) is 0.970. The summed E-state index contributed by atoms with van der Waals surface area (Å²) >= 11 is 0. The topological polar surface area (TPSA) is 16.2 Å². The molecule has 0 amide bonds. The number of hydrogen-bond acceptors (Lipinski definition) is 1. The zero-order chi connectivity index (χ0) is 9.54. The molecule has 0 aromatic carbocycles. The van der Waals surface area contributed by atoms with Gasteiger partial charge in [0.1, 0.15) is 0 Å². The molecule has 0 radical (unpaired) electrons. The van der Waals surface area contributed by atoms with E-state index < -0.39 is 0 Å². The first-order valence-corrected chi connectivity index (χ1v) is 4.80. The maximum Gasteiger partial charge on any atom is 0.324 e. The van der Waals surface area contributed by atoms with Crippen LogP contribution in [-0.2, 0) is 0 Å². The number of hydrogen-bond donors (Lipinski definition) is 0. The van der Waals surface area contributed by atoms with Crippen LogP contribution in [0.2, 0.25) is 0 Å². The zero-order valence-corrected chi connectivity index (χ0v) is 8.01. The monoisotopic (exact) mass is 183 g/mol. The summed E-state index contributed by atoms with van der Waals surface area (Å²) in [5.41, 5.74) is 2.44. The summed E-state index contributed by atoms with van der Waals surface area (Å²) in [6.07, 6.45) is 8.55. The molecule has 1 unspecified atom stereocenters. The summed E-state index contributed by atoms with van der Waals surface area (Å²) in [5, 5.41) is 0. The Hall–Kier alpha value is -1.70. The standard InChI is InChI=1S/C12H11N2/c1-9-5-6-10-11(8-9)14-7-3-2-4-12(14)13-10/h2-8,11H,1H3/q+1. The van der Waals surface area contributed by atoms with Crippen LogP contribution in [0, 0.1) is 0 Å². The molecular weight excluding hydrogens is 172 g/mol. The van der Waals surface area contributed by atoms with Crippen LogP contribution in [-0.4, -0.2) is 5.71 Å². The maximum atomic E-state index is 4.56. The van der Waals surface area contributed by atoms with E-state index in [1.54, 1.807) is 0 Å². The Morgan fingerprint density at radius 3 is 3.14 bits per heavy atom. The van der Waals surface area contributed by atoms with Gasteiger partial charge in [0.2, 0.25) is 5.71 Å². The molecular formula is C12H11N2+. The van der Waals surface area contributed by atoms with Crippen LogP contribution in [0.25, 0.3) is 0 Å². The van der Waals surface area contributed by atoms with Gasteiger partial charge >= 0.3 is 5.82 Å². The fraction of sp³-hybridized carbons (Fsp3) is 0.167. The van der Waals surface area contributed by atoms with Crippen molar-refractivity contribution in [1.82, 2.24) is 0 Å². The molecule has 2 heterocycles. The van der Waals surface area contributed by atoms with E-state index in [1.165, 1.54) is 5.57 Å². The second-order valence-corrected chi connectivity index (χ2v) is 3.69. The van der Waals surface area contributed by atoms with Gasteiger partial charge in [-0.25, -0.2) is 4.57 Å². The average Bonchev–Trinajstić information content (AvgIpc) is 2.56. The molecule has 0 spiro atoms. The van der Waals surface area contributed by atoms with Crippen LogP contribution >= 0.6 is 0 Å². The summed E-state index contributed by atoms with van der Waals surface area (Å²) in [5.74, 6) is 1.04. The van der Waals surface area contributed by atoms with Gasteiger partial charge in [-0.2, -0.15) is 0 Å². The molecule has 1 aromatic rings. The van der Waals surface area contributed by atoms with Crippen molar-refractivity contribution in [3.8, 4) is 0 Å². The van der Waals surface area contributed by atoms with Crippen LogP contribution in [0.5, 0.6) is 0 Å².